The molecule has 2 aliphatic rings. The molecule has 0 saturated carbocycles. The highest BCUT2D eigenvalue weighted by Gasteiger charge is 2.37. The fourth-order valence-corrected chi connectivity index (χ4v) is 4.62. The zero-order chi connectivity index (χ0) is 19.9. The minimum atomic E-state index is -4.11. The molecule has 150 valence electrons. The molecule has 2 heterocycles. The van der Waals surface area contributed by atoms with Crippen LogP contribution in [0.15, 0.2) is 38.1 Å². The van der Waals surface area contributed by atoms with Crippen LogP contribution in [0, 0.1) is 0 Å². The van der Waals surface area contributed by atoms with Crippen LogP contribution in [0.25, 0.3) is 0 Å². The van der Waals surface area contributed by atoms with E-state index >= 15 is 0 Å². The summed E-state index contributed by atoms with van der Waals surface area (Å²) in [6.45, 7) is 2.20. The predicted octanol–water partition coefficient (Wildman–Crippen LogP) is 1.09. The molecule has 0 aromatic rings. The van der Waals surface area contributed by atoms with Crippen LogP contribution >= 0.6 is 23.4 Å². The molecular formula is C12H18ClN7O5S2. The van der Waals surface area contributed by atoms with Crippen molar-refractivity contribution < 1.29 is 22.8 Å². The van der Waals surface area contributed by atoms with Gasteiger partial charge in [-0.2, -0.15) is 5.06 Å². The van der Waals surface area contributed by atoms with E-state index in [1.54, 1.807) is 13.0 Å². The lowest BCUT2D eigenvalue weighted by Crippen LogP contribution is -2.47. The van der Waals surface area contributed by atoms with Crippen molar-refractivity contribution >= 4 is 45.3 Å². The van der Waals surface area contributed by atoms with Gasteiger partial charge in [0.05, 0.1) is 13.7 Å². The van der Waals surface area contributed by atoms with E-state index in [-0.39, 0.29) is 12.5 Å². The molecule has 1 unspecified atom stereocenters. The van der Waals surface area contributed by atoms with Gasteiger partial charge in [0.25, 0.3) is 10.0 Å². The topological polar surface area (TPSA) is 137 Å². The summed E-state index contributed by atoms with van der Waals surface area (Å²) in [5.41, 5.74) is 6.79. The van der Waals surface area contributed by atoms with Gasteiger partial charge in [0, 0.05) is 29.6 Å². The lowest BCUT2D eigenvalue weighted by Gasteiger charge is -2.23. The second kappa shape index (κ2) is 9.89. The number of hydrogen-bond donors (Lipinski definition) is 2. The molecule has 27 heavy (non-hydrogen) atoms. The van der Waals surface area contributed by atoms with E-state index in [0.29, 0.717) is 18.0 Å². The summed E-state index contributed by atoms with van der Waals surface area (Å²) in [7, 11) is -2.70. The predicted molar refractivity (Wildman–Crippen MR) is 99.4 cm³/mol. The molecule has 0 aromatic heterocycles. The summed E-state index contributed by atoms with van der Waals surface area (Å²) >= 11 is 6.50. The fourth-order valence-electron chi connectivity index (χ4n) is 1.90. The first-order chi connectivity index (χ1) is 12.9. The third kappa shape index (κ3) is 6.35. The van der Waals surface area contributed by atoms with E-state index in [0.717, 1.165) is 17.0 Å². The molecule has 2 rings (SSSR count). The van der Waals surface area contributed by atoms with Gasteiger partial charge in [-0.3, -0.25) is 10.3 Å². The van der Waals surface area contributed by atoms with E-state index in [4.69, 9.17) is 21.2 Å². The van der Waals surface area contributed by atoms with E-state index in [9.17, 15) is 13.2 Å². The SMILES string of the molecule is COC1=NN(NC(=O)N=NS(=O)(=O)C2SCCN2OC/C=C/Cl)NC(C)=C1. The van der Waals surface area contributed by atoms with Crippen LogP contribution in [0.2, 0.25) is 0 Å². The maximum atomic E-state index is 12.3. The summed E-state index contributed by atoms with van der Waals surface area (Å²) < 4.78 is 31.7. The van der Waals surface area contributed by atoms with Crippen LogP contribution in [0.1, 0.15) is 6.92 Å². The van der Waals surface area contributed by atoms with Crippen LogP contribution in [-0.4, -0.2) is 61.4 Å². The van der Waals surface area contributed by atoms with Crippen LogP contribution in [0.5, 0.6) is 0 Å². The Labute approximate surface area is 165 Å². The van der Waals surface area contributed by atoms with Gasteiger partial charge in [-0.05, 0) is 13.0 Å². The van der Waals surface area contributed by atoms with Crippen molar-refractivity contribution in [1.82, 2.24) is 21.1 Å². The van der Waals surface area contributed by atoms with Gasteiger partial charge in [0.2, 0.25) is 10.6 Å². The first kappa shape index (κ1) is 21.4. The first-order valence-electron chi connectivity index (χ1n) is 7.47. The zero-order valence-electron chi connectivity index (χ0n) is 14.4. The third-order valence-corrected chi connectivity index (χ3v) is 6.27. The lowest BCUT2D eigenvalue weighted by molar-refractivity contribution is -0.132. The number of rotatable bonds is 6. The van der Waals surface area contributed by atoms with Crippen molar-refractivity contribution in [3.63, 3.8) is 0 Å². The van der Waals surface area contributed by atoms with Crippen LogP contribution in [0.3, 0.4) is 0 Å². The summed E-state index contributed by atoms with van der Waals surface area (Å²) in [4.78, 5) is 17.2. The number of thioether (sulfide) groups is 1. The number of methoxy groups -OCH3 is 1. The minimum absolute atomic E-state index is 0.112. The second-order valence-corrected chi connectivity index (χ2v) is 8.36. The summed E-state index contributed by atoms with van der Waals surface area (Å²) in [6, 6.07) is -1.04. The van der Waals surface area contributed by atoms with Gasteiger partial charge in [0.15, 0.2) is 0 Å². The second-order valence-electron chi connectivity index (χ2n) is 4.98. The monoisotopic (exact) mass is 439 g/mol. The number of hydrogen-bond acceptors (Lipinski definition) is 10. The summed E-state index contributed by atoms with van der Waals surface area (Å²) in [5, 5.41) is 9.24. The number of carbonyl (C=O) groups excluding carboxylic acids is 1. The van der Waals surface area contributed by atoms with Crippen molar-refractivity contribution in [2.24, 2.45) is 14.7 Å². The Balaban J connectivity index is 1.96. The van der Waals surface area contributed by atoms with Gasteiger partial charge in [-0.15, -0.1) is 17.0 Å². The molecule has 15 heteroatoms. The van der Waals surface area contributed by atoms with E-state index in [1.807, 2.05) is 0 Å². The number of hydrazone groups is 1. The molecule has 2 aliphatic heterocycles. The molecular weight excluding hydrogens is 422 g/mol. The van der Waals surface area contributed by atoms with Crippen LogP contribution in [-0.2, 0) is 19.6 Å². The molecule has 2 N–H and O–H groups in total. The first-order valence-corrected chi connectivity index (χ1v) is 10.5. The highest BCUT2D eigenvalue weighted by Crippen LogP contribution is 2.29. The molecule has 12 nitrogen and oxygen atoms in total. The number of nitrogens with one attached hydrogen (secondary N) is 2. The Bertz CT molecular complexity index is 770. The Morgan fingerprint density at radius 2 is 2.41 bits per heavy atom. The standard InChI is InChI=1S/C12H18ClN7O5S2/c1-9-8-10(24-2)16-20(15-9)17-11(21)14-18-27(22,23)12-19(5-7-26-12)25-6-3-4-13/h3-4,8,12,15H,5-7H2,1-2H3,(H,17,21)/b4-3+,18-14?. The molecule has 2 amide bonds. The molecule has 0 radical (unpaired) electrons. The number of halogens is 1. The van der Waals surface area contributed by atoms with E-state index < -0.39 is 20.8 Å². The number of hydroxylamine groups is 2. The Hall–Kier alpha value is -1.87. The van der Waals surface area contributed by atoms with Crippen molar-refractivity contribution in [2.75, 3.05) is 26.0 Å². The molecule has 0 aliphatic carbocycles. The minimum Gasteiger partial charge on any atom is -0.480 e. The summed E-state index contributed by atoms with van der Waals surface area (Å²) in [5.74, 6) is 0.755. The molecule has 0 aromatic carbocycles. The number of ether oxygens (including phenoxy) is 1. The van der Waals surface area contributed by atoms with E-state index in [2.05, 4.69) is 25.6 Å². The van der Waals surface area contributed by atoms with Gasteiger partial charge < -0.3 is 4.74 Å². The quantitative estimate of drug-likeness (QED) is 0.582. The molecule has 1 saturated heterocycles. The molecule has 0 spiro atoms. The van der Waals surface area contributed by atoms with Gasteiger partial charge in [-0.25, -0.2) is 18.6 Å². The number of allylic oxidation sites excluding steroid dienone is 1. The average molecular weight is 440 g/mol. The number of urea groups is 1. The largest absolute Gasteiger partial charge is 0.480 e. The Morgan fingerprint density at radius 1 is 1.63 bits per heavy atom. The molecule has 1 fully saturated rings. The molecule has 0 bridgehead atoms. The number of hydrazine groups is 2. The fraction of sp³-hybridized carbons (Fsp3) is 0.500. The number of amides is 2. The maximum absolute atomic E-state index is 12.3. The molecule has 1 atom stereocenters. The van der Waals surface area contributed by atoms with Crippen molar-refractivity contribution in [2.45, 2.75) is 11.6 Å². The highest BCUT2D eigenvalue weighted by atomic mass is 35.5. The maximum Gasteiger partial charge on any atom is 0.381 e. The van der Waals surface area contributed by atoms with E-state index in [1.165, 1.54) is 23.8 Å². The Morgan fingerprint density at radius 3 is 3.11 bits per heavy atom. The van der Waals surface area contributed by atoms with Gasteiger partial charge in [-0.1, -0.05) is 26.3 Å². The highest BCUT2D eigenvalue weighted by molar-refractivity contribution is 8.13. The normalized spacial score (nSPS) is 21.3. The number of sulfonamides is 1. The third-order valence-electron chi connectivity index (χ3n) is 2.96. The average Bonchev–Trinajstić information content (AvgIpc) is 3.09. The van der Waals surface area contributed by atoms with Crippen LogP contribution in [0.4, 0.5) is 4.79 Å². The van der Waals surface area contributed by atoms with Crippen molar-refractivity contribution in [1.29, 1.82) is 0 Å². The number of nitrogens with zero attached hydrogens (tertiary/aromatic N) is 5. The Kier molecular flexibility index (Phi) is 7.85. The van der Waals surface area contributed by atoms with Crippen molar-refractivity contribution in [3.05, 3.63) is 23.4 Å². The lowest BCUT2D eigenvalue weighted by atomic mass is 10.4. The van der Waals surface area contributed by atoms with Gasteiger partial charge in [0.1, 0.15) is 0 Å². The van der Waals surface area contributed by atoms with Crippen LogP contribution < -0.4 is 10.9 Å². The number of carbonyl (C=O) groups is 1. The van der Waals surface area contributed by atoms with Gasteiger partial charge >= 0.3 is 6.03 Å². The van der Waals surface area contributed by atoms with Crippen molar-refractivity contribution in [3.8, 4) is 0 Å². The summed E-state index contributed by atoms with van der Waals surface area (Å²) in [6.07, 6.45) is 3.11. The smallest absolute Gasteiger partial charge is 0.381 e. The zero-order valence-corrected chi connectivity index (χ0v) is 16.8.